The van der Waals surface area contributed by atoms with Gasteiger partial charge in [-0.25, -0.2) is 0 Å². The number of carboxylic acids is 1. The van der Waals surface area contributed by atoms with Crippen molar-refractivity contribution in [2.45, 2.75) is 18.6 Å². The van der Waals surface area contributed by atoms with E-state index in [-0.39, 0.29) is 12.6 Å². The Kier molecular flexibility index (Phi) is 4.11. The molecule has 3 rings (SSSR count). The zero-order valence-corrected chi connectivity index (χ0v) is 13.3. The van der Waals surface area contributed by atoms with E-state index in [2.05, 4.69) is 0 Å². The van der Waals surface area contributed by atoms with Crippen LogP contribution in [0.15, 0.2) is 60.7 Å². The molecule has 1 heterocycles. The molecule has 2 N–H and O–H groups in total. The minimum Gasteiger partial charge on any atom is -0.481 e. The van der Waals surface area contributed by atoms with Gasteiger partial charge in [-0.15, -0.1) is 0 Å². The molecule has 0 spiro atoms. The summed E-state index contributed by atoms with van der Waals surface area (Å²) in [7, 11) is 0. The molecule has 1 fully saturated rings. The third-order valence-corrected chi connectivity index (χ3v) is 4.73. The molecule has 0 radical (unpaired) electrons. The number of aliphatic hydroxyl groups is 1. The fourth-order valence-electron chi connectivity index (χ4n) is 3.30. The summed E-state index contributed by atoms with van der Waals surface area (Å²) in [6, 6.07) is 17.4. The maximum Gasteiger partial charge on any atom is 0.312 e. The van der Waals surface area contributed by atoms with Gasteiger partial charge < -0.3 is 15.1 Å². The van der Waals surface area contributed by atoms with Crippen LogP contribution in [-0.4, -0.2) is 33.5 Å². The van der Waals surface area contributed by atoms with Gasteiger partial charge in [0.25, 0.3) is 5.91 Å². The second-order valence-corrected chi connectivity index (χ2v) is 6.07. The Labute approximate surface area is 140 Å². The maximum absolute atomic E-state index is 13.0. The van der Waals surface area contributed by atoms with Gasteiger partial charge in [-0.2, -0.15) is 0 Å². The molecule has 124 valence electrons. The first-order valence-electron chi connectivity index (χ1n) is 7.83. The van der Waals surface area contributed by atoms with Crippen molar-refractivity contribution in [2.24, 2.45) is 5.92 Å². The molecule has 3 atom stereocenters. The lowest BCUT2D eigenvalue weighted by Gasteiger charge is -2.28. The number of hydrogen-bond acceptors (Lipinski definition) is 3. The van der Waals surface area contributed by atoms with Gasteiger partial charge in [-0.1, -0.05) is 60.7 Å². The lowest BCUT2D eigenvalue weighted by atomic mass is 9.83. The van der Waals surface area contributed by atoms with Gasteiger partial charge in [0.05, 0.1) is 6.04 Å². The zero-order chi connectivity index (χ0) is 17.3. The predicted octanol–water partition coefficient (Wildman–Crippen LogP) is 2.18. The van der Waals surface area contributed by atoms with Crippen molar-refractivity contribution in [2.75, 3.05) is 6.54 Å². The van der Waals surface area contributed by atoms with Gasteiger partial charge in [0, 0.05) is 6.54 Å². The summed E-state index contributed by atoms with van der Waals surface area (Å²) >= 11 is 0. The lowest BCUT2D eigenvalue weighted by Crippen LogP contribution is -2.43. The molecule has 1 saturated heterocycles. The van der Waals surface area contributed by atoms with Crippen LogP contribution < -0.4 is 0 Å². The summed E-state index contributed by atoms with van der Waals surface area (Å²) in [5.41, 5.74) is -0.840. The highest BCUT2D eigenvalue weighted by molar-refractivity contribution is 5.95. The topological polar surface area (TPSA) is 77.8 Å². The molecule has 24 heavy (non-hydrogen) atoms. The predicted molar refractivity (Wildman–Crippen MR) is 88.0 cm³/mol. The smallest absolute Gasteiger partial charge is 0.312 e. The summed E-state index contributed by atoms with van der Waals surface area (Å²) in [5, 5.41) is 20.6. The number of carboxylic acid groups (broad SMARTS) is 1. The van der Waals surface area contributed by atoms with Gasteiger partial charge in [0.2, 0.25) is 0 Å². The van der Waals surface area contributed by atoms with Crippen LogP contribution >= 0.6 is 0 Å². The quantitative estimate of drug-likeness (QED) is 0.903. The van der Waals surface area contributed by atoms with Gasteiger partial charge >= 0.3 is 5.97 Å². The highest BCUT2D eigenvalue weighted by Crippen LogP contribution is 2.41. The molecule has 0 bridgehead atoms. The molecule has 1 amide bonds. The first kappa shape index (κ1) is 16.2. The summed E-state index contributed by atoms with van der Waals surface area (Å²) in [4.78, 5) is 26.1. The van der Waals surface area contributed by atoms with Crippen molar-refractivity contribution in [3.8, 4) is 0 Å². The minimum absolute atomic E-state index is 0.0321. The van der Waals surface area contributed by atoms with Crippen molar-refractivity contribution < 1.29 is 19.8 Å². The Morgan fingerprint density at radius 3 is 2.21 bits per heavy atom. The second kappa shape index (κ2) is 6.09. The molecular weight excluding hydrogens is 306 g/mol. The molecule has 1 aliphatic rings. The van der Waals surface area contributed by atoms with E-state index in [0.717, 1.165) is 5.56 Å². The van der Waals surface area contributed by atoms with Crippen molar-refractivity contribution >= 4 is 11.9 Å². The largest absolute Gasteiger partial charge is 0.481 e. The lowest BCUT2D eigenvalue weighted by molar-refractivity contribution is -0.158. The van der Waals surface area contributed by atoms with Gasteiger partial charge in [0.1, 0.15) is 5.92 Å². The van der Waals surface area contributed by atoms with E-state index in [1.807, 2.05) is 37.3 Å². The van der Waals surface area contributed by atoms with E-state index in [1.54, 1.807) is 30.3 Å². The van der Waals surface area contributed by atoms with Gasteiger partial charge in [0.15, 0.2) is 5.60 Å². The SMILES string of the molecule is C[C@H](c1ccccc1)N1C[C@H](C(=O)O)[C@@](O)(c2ccccc2)C1=O. The van der Waals surface area contributed by atoms with Gasteiger partial charge in [-0.05, 0) is 18.1 Å². The van der Waals surface area contributed by atoms with Crippen LogP contribution in [0.25, 0.3) is 0 Å². The molecular formula is C19H19NO4. The Morgan fingerprint density at radius 1 is 1.12 bits per heavy atom. The number of rotatable bonds is 4. The number of amides is 1. The first-order chi connectivity index (χ1) is 11.5. The third-order valence-electron chi connectivity index (χ3n) is 4.73. The van der Waals surface area contributed by atoms with Crippen LogP contribution in [0.2, 0.25) is 0 Å². The molecule has 2 aromatic rings. The van der Waals surface area contributed by atoms with Crippen LogP contribution in [0.5, 0.6) is 0 Å². The van der Waals surface area contributed by atoms with Crippen molar-refractivity contribution in [1.29, 1.82) is 0 Å². The Hall–Kier alpha value is -2.66. The van der Waals surface area contributed by atoms with Crippen LogP contribution in [0.4, 0.5) is 0 Å². The zero-order valence-electron chi connectivity index (χ0n) is 13.3. The number of aliphatic carboxylic acids is 1. The average Bonchev–Trinajstić information content (AvgIpc) is 2.89. The van der Waals surface area contributed by atoms with E-state index < -0.39 is 23.4 Å². The van der Waals surface area contributed by atoms with E-state index >= 15 is 0 Å². The van der Waals surface area contributed by atoms with Crippen LogP contribution in [-0.2, 0) is 15.2 Å². The molecule has 0 saturated carbocycles. The molecule has 1 aliphatic heterocycles. The Morgan fingerprint density at radius 2 is 1.67 bits per heavy atom. The minimum atomic E-state index is -2.05. The van der Waals surface area contributed by atoms with Crippen LogP contribution in [0.1, 0.15) is 24.1 Å². The first-order valence-corrected chi connectivity index (χ1v) is 7.83. The number of benzene rings is 2. The molecule has 2 aromatic carbocycles. The average molecular weight is 325 g/mol. The fourth-order valence-corrected chi connectivity index (χ4v) is 3.30. The number of nitrogens with zero attached hydrogens (tertiary/aromatic N) is 1. The van der Waals surface area contributed by atoms with Crippen molar-refractivity contribution in [3.63, 3.8) is 0 Å². The van der Waals surface area contributed by atoms with E-state index in [9.17, 15) is 19.8 Å². The highest BCUT2D eigenvalue weighted by atomic mass is 16.4. The highest BCUT2D eigenvalue weighted by Gasteiger charge is 2.58. The summed E-state index contributed by atoms with van der Waals surface area (Å²) in [5.74, 6) is -2.96. The van der Waals surface area contributed by atoms with E-state index in [4.69, 9.17) is 0 Å². The number of likely N-dealkylation sites (tertiary alicyclic amines) is 1. The molecule has 5 heteroatoms. The number of hydrogen-bond donors (Lipinski definition) is 2. The van der Waals surface area contributed by atoms with Crippen LogP contribution in [0, 0.1) is 5.92 Å². The maximum atomic E-state index is 13.0. The van der Waals surface area contributed by atoms with E-state index in [1.165, 1.54) is 4.90 Å². The molecule has 0 aromatic heterocycles. The monoisotopic (exact) mass is 325 g/mol. The van der Waals surface area contributed by atoms with Crippen molar-refractivity contribution in [1.82, 2.24) is 4.90 Å². The molecule has 5 nitrogen and oxygen atoms in total. The van der Waals surface area contributed by atoms with Crippen molar-refractivity contribution in [3.05, 3.63) is 71.8 Å². The summed E-state index contributed by atoms with van der Waals surface area (Å²) in [6.07, 6.45) is 0. The number of carbonyl (C=O) groups excluding carboxylic acids is 1. The fraction of sp³-hybridized carbons (Fsp3) is 0.263. The second-order valence-electron chi connectivity index (χ2n) is 6.07. The Balaban J connectivity index is 2.01. The normalized spacial score (nSPS) is 24.8. The van der Waals surface area contributed by atoms with Crippen LogP contribution in [0.3, 0.4) is 0 Å². The third kappa shape index (κ3) is 2.47. The standard InChI is InChI=1S/C19H19NO4/c1-13(14-8-4-2-5-9-14)20-12-16(17(21)22)19(24,18(20)23)15-10-6-3-7-11-15/h2-11,13,16,24H,12H2,1H3,(H,21,22)/t13-,16-,19+/m1/s1. The summed E-state index contributed by atoms with van der Waals surface area (Å²) < 4.78 is 0. The molecule has 0 aliphatic carbocycles. The van der Waals surface area contributed by atoms with Gasteiger partial charge in [-0.3, -0.25) is 9.59 Å². The van der Waals surface area contributed by atoms with E-state index in [0.29, 0.717) is 5.56 Å². The Bertz CT molecular complexity index is 746. The summed E-state index contributed by atoms with van der Waals surface area (Å²) in [6.45, 7) is 1.80. The number of carbonyl (C=O) groups is 2. The molecule has 0 unspecified atom stereocenters.